The maximum Gasteiger partial charge on any atom is 0.281 e. The molecule has 35 heavy (non-hydrogen) atoms. The van der Waals surface area contributed by atoms with Gasteiger partial charge in [-0.1, -0.05) is 24.3 Å². The van der Waals surface area contributed by atoms with Gasteiger partial charge in [-0.3, -0.25) is 4.79 Å². The van der Waals surface area contributed by atoms with Gasteiger partial charge in [0.15, 0.2) is 11.4 Å². The number of anilines is 1. The van der Waals surface area contributed by atoms with Crippen LogP contribution < -0.4 is 4.90 Å². The van der Waals surface area contributed by atoms with Gasteiger partial charge in [-0.2, -0.15) is 26.6 Å². The molecule has 0 spiro atoms. The van der Waals surface area contributed by atoms with Crippen LogP contribution >= 0.6 is 0 Å². The van der Waals surface area contributed by atoms with Crippen molar-refractivity contribution in [2.24, 2.45) is 0 Å². The Bertz CT molecular complexity index is 1330. The number of benzene rings is 1. The van der Waals surface area contributed by atoms with E-state index >= 15 is 0 Å². The van der Waals surface area contributed by atoms with Crippen LogP contribution in [0.1, 0.15) is 41.2 Å². The number of rotatable bonds is 7. The van der Waals surface area contributed by atoms with Crippen LogP contribution in [0.15, 0.2) is 36.4 Å². The number of carbonyl (C=O) groups excluding carboxylic acids is 1. The fourth-order valence-corrected chi connectivity index (χ4v) is 5.24. The van der Waals surface area contributed by atoms with Crippen molar-refractivity contribution in [2.75, 3.05) is 45.2 Å². The van der Waals surface area contributed by atoms with Gasteiger partial charge in [-0.25, -0.2) is 4.98 Å². The summed E-state index contributed by atoms with van der Waals surface area (Å²) in [4.78, 5) is 19.7. The average Bonchev–Trinajstić information content (AvgIpc) is 3.18. The number of aromatic nitrogens is 3. The molecule has 0 atom stereocenters. The summed E-state index contributed by atoms with van der Waals surface area (Å²) in [6.45, 7) is 6.99. The number of aryl methyl sites for hydroxylation is 1. The van der Waals surface area contributed by atoms with Crippen LogP contribution in [0.5, 0.6) is 0 Å². The molecule has 0 unspecified atom stereocenters. The maximum atomic E-state index is 13.0. The quantitative estimate of drug-likeness (QED) is 0.491. The normalized spacial score (nSPS) is 15.8. The van der Waals surface area contributed by atoms with Crippen LogP contribution in [-0.2, 0) is 22.2 Å². The highest BCUT2D eigenvalue weighted by Gasteiger charge is 2.30. The number of hydrogen-bond donors (Lipinski definition) is 1. The molecule has 1 aliphatic rings. The van der Waals surface area contributed by atoms with E-state index in [4.69, 9.17) is 0 Å². The fourth-order valence-electron chi connectivity index (χ4n) is 4.15. The molecule has 1 aromatic carbocycles. The Morgan fingerprint density at radius 2 is 1.71 bits per heavy atom. The maximum absolute atomic E-state index is 13.0. The topological polar surface area (TPSA) is 111 Å². The average molecular weight is 501 g/mol. The van der Waals surface area contributed by atoms with Gasteiger partial charge in [0.1, 0.15) is 5.82 Å². The number of aliphatic hydroxyl groups is 1. The van der Waals surface area contributed by atoms with Crippen molar-refractivity contribution in [1.29, 1.82) is 0 Å². The second kappa shape index (κ2) is 9.30. The second-order valence-corrected chi connectivity index (χ2v) is 11.7. The molecule has 1 fully saturated rings. The first-order valence-corrected chi connectivity index (χ1v) is 12.9. The van der Waals surface area contributed by atoms with Crippen molar-refractivity contribution in [3.63, 3.8) is 0 Å². The fraction of sp³-hybridized carbons (Fsp3) is 0.458. The van der Waals surface area contributed by atoms with E-state index in [-0.39, 0.29) is 12.2 Å². The summed E-state index contributed by atoms with van der Waals surface area (Å²) in [5, 5.41) is 14.7. The number of piperazine rings is 1. The Morgan fingerprint density at radius 1 is 1.09 bits per heavy atom. The van der Waals surface area contributed by atoms with Crippen LogP contribution in [0, 0.1) is 6.92 Å². The number of fused-ring (bicyclic) bond motifs is 1. The summed E-state index contributed by atoms with van der Waals surface area (Å²) in [6, 6.07) is 10.7. The van der Waals surface area contributed by atoms with Crippen LogP contribution in [-0.4, -0.2) is 82.8 Å². The van der Waals surface area contributed by atoms with E-state index in [0.29, 0.717) is 43.1 Å². The first-order valence-electron chi connectivity index (χ1n) is 11.5. The molecule has 0 amide bonds. The molecule has 2 aromatic heterocycles. The van der Waals surface area contributed by atoms with Gasteiger partial charge in [-0.05, 0) is 26.3 Å². The Labute approximate surface area is 206 Å². The zero-order chi connectivity index (χ0) is 25.5. The molecule has 10 nitrogen and oxygen atoms in total. The summed E-state index contributed by atoms with van der Waals surface area (Å²) >= 11 is 0. The van der Waals surface area contributed by atoms with Gasteiger partial charge in [0.25, 0.3) is 10.2 Å². The number of nitrogens with zero attached hydrogens (tertiary/aromatic N) is 6. The number of Topliss-reactive ketones (excluding diaryl/α,β-unsaturated/α-hetero) is 1. The Hall–Kier alpha value is -2.86. The zero-order valence-electron chi connectivity index (χ0n) is 20.8. The minimum absolute atomic E-state index is 0.0757. The largest absolute Gasteiger partial charge is 0.386 e. The number of hydrogen-bond acceptors (Lipinski definition) is 7. The molecule has 0 radical (unpaired) electrons. The van der Waals surface area contributed by atoms with Crippen LogP contribution in [0.3, 0.4) is 0 Å². The molecule has 0 saturated carbocycles. The monoisotopic (exact) mass is 500 g/mol. The van der Waals surface area contributed by atoms with Gasteiger partial charge in [-0.15, -0.1) is 0 Å². The van der Waals surface area contributed by atoms with E-state index in [9.17, 15) is 18.3 Å². The number of ketones is 1. The lowest BCUT2D eigenvalue weighted by molar-refractivity contribution is 0.0784. The van der Waals surface area contributed by atoms with Crippen molar-refractivity contribution in [3.05, 3.63) is 58.9 Å². The summed E-state index contributed by atoms with van der Waals surface area (Å²) in [6.07, 6.45) is 0.116. The van der Waals surface area contributed by atoms with E-state index in [1.807, 2.05) is 19.1 Å². The summed E-state index contributed by atoms with van der Waals surface area (Å²) < 4.78 is 29.4. The van der Waals surface area contributed by atoms with Crippen LogP contribution in [0.4, 0.5) is 5.82 Å². The third-order valence-corrected chi connectivity index (χ3v) is 8.13. The first kappa shape index (κ1) is 25.2. The minimum atomic E-state index is -3.47. The van der Waals surface area contributed by atoms with Crippen molar-refractivity contribution in [2.45, 2.75) is 32.8 Å². The smallest absolute Gasteiger partial charge is 0.281 e. The summed E-state index contributed by atoms with van der Waals surface area (Å²) in [5.74, 6) is 0.707. The Balaban J connectivity index is 1.58. The van der Waals surface area contributed by atoms with E-state index in [2.05, 4.69) is 15.0 Å². The van der Waals surface area contributed by atoms with Crippen LogP contribution in [0.25, 0.3) is 5.65 Å². The van der Waals surface area contributed by atoms with Crippen LogP contribution in [0.2, 0.25) is 0 Å². The van der Waals surface area contributed by atoms with Gasteiger partial charge in [0, 0.05) is 58.0 Å². The number of carbonyl (C=O) groups is 1. The van der Waals surface area contributed by atoms with E-state index in [0.717, 1.165) is 17.1 Å². The molecule has 1 saturated heterocycles. The van der Waals surface area contributed by atoms with Crippen molar-refractivity contribution in [3.8, 4) is 0 Å². The van der Waals surface area contributed by atoms with Gasteiger partial charge in [0.05, 0.1) is 23.4 Å². The summed E-state index contributed by atoms with van der Waals surface area (Å²) in [7, 11) is -0.406. The molecular formula is C24H32N6O4S. The molecule has 11 heteroatoms. The predicted molar refractivity (Wildman–Crippen MR) is 134 cm³/mol. The predicted octanol–water partition coefficient (Wildman–Crippen LogP) is 1.62. The van der Waals surface area contributed by atoms with Gasteiger partial charge in [0.2, 0.25) is 0 Å². The van der Waals surface area contributed by atoms with E-state index < -0.39 is 15.8 Å². The molecule has 4 rings (SSSR count). The van der Waals surface area contributed by atoms with Gasteiger partial charge >= 0.3 is 0 Å². The molecule has 0 aliphatic carbocycles. The third-order valence-electron chi connectivity index (χ3n) is 6.19. The SMILES string of the molecule is Cc1cc2nc(CC(=O)c3ccc(C(C)(C)O)cc3)cc(N3CCN(S(=O)(=O)N(C)C)CC3)n2n1. The second-order valence-electron chi connectivity index (χ2n) is 9.57. The van der Waals surface area contributed by atoms with E-state index in [1.54, 1.807) is 42.6 Å². The minimum Gasteiger partial charge on any atom is -0.386 e. The lowest BCUT2D eigenvalue weighted by Gasteiger charge is -2.36. The zero-order valence-corrected chi connectivity index (χ0v) is 21.6. The highest BCUT2D eigenvalue weighted by Crippen LogP contribution is 2.23. The Morgan fingerprint density at radius 3 is 2.29 bits per heavy atom. The van der Waals surface area contributed by atoms with Crippen molar-refractivity contribution >= 4 is 27.5 Å². The molecule has 0 bridgehead atoms. The lowest BCUT2D eigenvalue weighted by atomic mass is 9.96. The molecule has 1 aliphatic heterocycles. The molecular weight excluding hydrogens is 468 g/mol. The van der Waals surface area contributed by atoms with Crippen molar-refractivity contribution in [1.82, 2.24) is 23.2 Å². The third kappa shape index (κ3) is 5.22. The molecule has 3 aromatic rings. The summed E-state index contributed by atoms with van der Waals surface area (Å²) in [5.41, 5.74) is 2.38. The first-order chi connectivity index (χ1) is 16.4. The highest BCUT2D eigenvalue weighted by atomic mass is 32.2. The van der Waals surface area contributed by atoms with Gasteiger partial charge < -0.3 is 10.0 Å². The standard InChI is InChI=1S/C24H32N6O4S/c1-17-14-22-25-20(15-21(31)18-6-8-19(9-7-18)24(2,3)32)16-23(30(22)26-17)28-10-12-29(13-11-28)35(33,34)27(4)5/h6-9,14,16,32H,10-13,15H2,1-5H3. The lowest BCUT2D eigenvalue weighted by Crippen LogP contribution is -2.52. The molecule has 3 heterocycles. The van der Waals surface area contributed by atoms with Crippen molar-refractivity contribution < 1.29 is 18.3 Å². The van der Waals surface area contributed by atoms with E-state index in [1.165, 1.54) is 22.7 Å². The molecule has 1 N–H and O–H groups in total. The molecule has 188 valence electrons. The highest BCUT2D eigenvalue weighted by molar-refractivity contribution is 7.86. The Kier molecular flexibility index (Phi) is 6.71.